The van der Waals surface area contributed by atoms with Gasteiger partial charge in [-0.15, -0.1) is 0 Å². The van der Waals surface area contributed by atoms with Crippen LogP contribution in [0.5, 0.6) is 5.75 Å². The van der Waals surface area contributed by atoms with Gasteiger partial charge in [0.25, 0.3) is 0 Å². The molecule has 0 aliphatic carbocycles. The van der Waals surface area contributed by atoms with Crippen LogP contribution in [0, 0.1) is 12.7 Å². The van der Waals surface area contributed by atoms with Gasteiger partial charge < -0.3 is 10.1 Å². The summed E-state index contributed by atoms with van der Waals surface area (Å²) in [6.07, 6.45) is 0. The first-order valence-electron chi connectivity index (χ1n) is 8.18. The van der Waals surface area contributed by atoms with Crippen molar-refractivity contribution in [3.05, 3.63) is 92.7 Å². The molecule has 3 rings (SSSR count). The molecule has 26 heavy (non-hydrogen) atoms. The zero-order valence-electron chi connectivity index (χ0n) is 14.2. The number of benzene rings is 3. The van der Waals surface area contributed by atoms with E-state index in [2.05, 4.69) is 21.2 Å². The molecule has 134 valence electrons. The van der Waals surface area contributed by atoms with Gasteiger partial charge in [-0.1, -0.05) is 41.9 Å². The summed E-state index contributed by atoms with van der Waals surface area (Å²) < 4.78 is 20.2. The summed E-state index contributed by atoms with van der Waals surface area (Å²) in [6.45, 7) is 2.83. The van der Waals surface area contributed by atoms with E-state index in [1.165, 1.54) is 6.07 Å². The van der Waals surface area contributed by atoms with Crippen molar-refractivity contribution in [3.8, 4) is 5.75 Å². The van der Waals surface area contributed by atoms with Crippen molar-refractivity contribution in [1.29, 1.82) is 0 Å². The van der Waals surface area contributed by atoms with Gasteiger partial charge in [0.05, 0.1) is 4.47 Å². The topological polar surface area (TPSA) is 21.3 Å². The molecule has 2 nitrogen and oxygen atoms in total. The summed E-state index contributed by atoms with van der Waals surface area (Å²) in [5.74, 6) is 0.414. The third kappa shape index (κ3) is 4.57. The molecule has 0 amide bonds. The first kappa shape index (κ1) is 18.7. The quantitative estimate of drug-likeness (QED) is 0.464. The Morgan fingerprint density at radius 1 is 1.08 bits per heavy atom. The molecular weight excluding hydrogens is 417 g/mol. The molecule has 0 unspecified atom stereocenters. The van der Waals surface area contributed by atoms with E-state index in [1.54, 1.807) is 18.2 Å². The fraction of sp³-hybridized carbons (Fsp3) is 0.143. The van der Waals surface area contributed by atoms with E-state index in [-0.39, 0.29) is 12.4 Å². The van der Waals surface area contributed by atoms with Crippen LogP contribution in [0.25, 0.3) is 0 Å². The Hall–Kier alpha value is -2.04. The van der Waals surface area contributed by atoms with Crippen molar-refractivity contribution >= 4 is 33.2 Å². The Kier molecular flexibility index (Phi) is 6.17. The second kappa shape index (κ2) is 8.56. The largest absolute Gasteiger partial charge is 0.488 e. The molecule has 0 heterocycles. The zero-order chi connectivity index (χ0) is 18.5. The van der Waals surface area contributed by atoms with Crippen LogP contribution in [0.1, 0.15) is 16.7 Å². The summed E-state index contributed by atoms with van der Waals surface area (Å²) in [6, 6.07) is 18.3. The maximum Gasteiger partial charge on any atom is 0.134 e. The van der Waals surface area contributed by atoms with E-state index < -0.39 is 0 Å². The van der Waals surface area contributed by atoms with Crippen molar-refractivity contribution in [2.24, 2.45) is 0 Å². The van der Waals surface area contributed by atoms with Crippen LogP contribution in [0.15, 0.2) is 65.1 Å². The number of hydrogen-bond acceptors (Lipinski definition) is 2. The molecule has 3 aromatic carbocycles. The molecule has 0 atom stereocenters. The summed E-state index contributed by atoms with van der Waals surface area (Å²) in [7, 11) is 0. The van der Waals surface area contributed by atoms with Gasteiger partial charge in [-0.05, 0) is 64.3 Å². The van der Waals surface area contributed by atoms with Gasteiger partial charge in [0.2, 0.25) is 0 Å². The van der Waals surface area contributed by atoms with E-state index in [1.807, 2.05) is 43.3 Å². The second-order valence-corrected chi connectivity index (χ2v) is 7.17. The fourth-order valence-electron chi connectivity index (χ4n) is 2.54. The van der Waals surface area contributed by atoms with E-state index in [4.69, 9.17) is 16.3 Å². The van der Waals surface area contributed by atoms with Crippen molar-refractivity contribution in [2.45, 2.75) is 20.1 Å². The number of nitrogens with one attached hydrogen (secondary N) is 1. The van der Waals surface area contributed by atoms with Gasteiger partial charge in [0.1, 0.15) is 18.2 Å². The highest BCUT2D eigenvalue weighted by atomic mass is 79.9. The number of hydrogen-bond donors (Lipinski definition) is 1. The first-order valence-corrected chi connectivity index (χ1v) is 9.35. The molecule has 0 radical (unpaired) electrons. The van der Waals surface area contributed by atoms with E-state index >= 15 is 0 Å². The monoisotopic (exact) mass is 433 g/mol. The summed E-state index contributed by atoms with van der Waals surface area (Å²) in [5.41, 5.74) is 3.66. The third-order valence-electron chi connectivity index (χ3n) is 4.09. The fourth-order valence-corrected chi connectivity index (χ4v) is 3.25. The third-order valence-corrected chi connectivity index (χ3v) is 5.12. The van der Waals surface area contributed by atoms with Gasteiger partial charge in [-0.2, -0.15) is 0 Å². The van der Waals surface area contributed by atoms with Gasteiger partial charge in [0, 0.05) is 22.8 Å². The first-order chi connectivity index (χ1) is 12.5. The van der Waals surface area contributed by atoms with Gasteiger partial charge in [-0.3, -0.25) is 0 Å². The van der Waals surface area contributed by atoms with E-state index in [0.29, 0.717) is 17.9 Å². The van der Waals surface area contributed by atoms with Crippen molar-refractivity contribution < 1.29 is 9.13 Å². The highest BCUT2D eigenvalue weighted by molar-refractivity contribution is 9.10. The van der Waals surface area contributed by atoms with Crippen molar-refractivity contribution in [2.75, 3.05) is 5.32 Å². The normalized spacial score (nSPS) is 10.6. The maximum absolute atomic E-state index is 13.7. The summed E-state index contributed by atoms with van der Waals surface area (Å²) >= 11 is 9.67. The van der Waals surface area contributed by atoms with Crippen LogP contribution in [0.2, 0.25) is 5.02 Å². The Bertz CT molecular complexity index is 916. The van der Waals surface area contributed by atoms with Crippen LogP contribution in [0.4, 0.5) is 10.1 Å². The molecule has 0 bridgehead atoms. The number of ether oxygens (including phenoxy) is 1. The van der Waals surface area contributed by atoms with Crippen LogP contribution >= 0.6 is 27.5 Å². The lowest BCUT2D eigenvalue weighted by molar-refractivity contribution is 0.298. The van der Waals surface area contributed by atoms with Crippen molar-refractivity contribution in [3.63, 3.8) is 0 Å². The lowest BCUT2D eigenvalue weighted by Gasteiger charge is -2.13. The molecule has 0 saturated carbocycles. The molecule has 0 aliphatic heterocycles. The minimum absolute atomic E-state index is 0.185. The van der Waals surface area contributed by atoms with E-state index in [0.717, 1.165) is 26.3 Å². The highest BCUT2D eigenvalue weighted by Gasteiger charge is 2.07. The molecule has 0 fully saturated rings. The molecule has 0 spiro atoms. The SMILES string of the molecule is Cc1c(Cl)cccc1NCc1ccc(OCc2ccccc2F)c(Br)c1. The summed E-state index contributed by atoms with van der Waals surface area (Å²) in [4.78, 5) is 0. The van der Waals surface area contributed by atoms with Gasteiger partial charge in [0.15, 0.2) is 0 Å². The lowest BCUT2D eigenvalue weighted by Crippen LogP contribution is -2.02. The average Bonchev–Trinajstić information content (AvgIpc) is 2.63. The predicted octanol–water partition coefficient (Wildman–Crippen LogP) is 6.74. The molecule has 3 aromatic rings. The Labute approximate surface area is 166 Å². The number of halogens is 3. The van der Waals surface area contributed by atoms with Crippen LogP contribution in [-0.2, 0) is 13.2 Å². The zero-order valence-corrected chi connectivity index (χ0v) is 16.6. The minimum atomic E-state index is -0.263. The Morgan fingerprint density at radius 3 is 2.65 bits per heavy atom. The molecule has 0 aromatic heterocycles. The highest BCUT2D eigenvalue weighted by Crippen LogP contribution is 2.28. The van der Waals surface area contributed by atoms with Gasteiger partial charge in [-0.25, -0.2) is 4.39 Å². The minimum Gasteiger partial charge on any atom is -0.488 e. The van der Waals surface area contributed by atoms with Crippen LogP contribution in [-0.4, -0.2) is 0 Å². The maximum atomic E-state index is 13.7. The second-order valence-electron chi connectivity index (χ2n) is 5.91. The predicted molar refractivity (Wildman–Crippen MR) is 108 cm³/mol. The number of anilines is 1. The smallest absolute Gasteiger partial charge is 0.134 e. The Balaban J connectivity index is 1.64. The van der Waals surface area contributed by atoms with Crippen LogP contribution in [0.3, 0.4) is 0 Å². The molecule has 5 heteroatoms. The van der Waals surface area contributed by atoms with Gasteiger partial charge >= 0.3 is 0 Å². The molecular formula is C21H18BrClFNO. The standard InChI is InChI=1S/C21H18BrClFNO/c1-14-18(23)6-4-8-20(14)25-12-15-9-10-21(17(22)11-15)26-13-16-5-2-3-7-19(16)24/h2-11,25H,12-13H2,1H3. The molecule has 0 aliphatic rings. The van der Waals surface area contributed by atoms with E-state index in [9.17, 15) is 4.39 Å². The van der Waals surface area contributed by atoms with Crippen molar-refractivity contribution in [1.82, 2.24) is 0 Å². The van der Waals surface area contributed by atoms with Crippen LogP contribution < -0.4 is 10.1 Å². The Morgan fingerprint density at radius 2 is 1.88 bits per heavy atom. The average molecular weight is 435 g/mol. The number of rotatable bonds is 6. The molecule has 0 saturated heterocycles. The molecule has 1 N–H and O–H groups in total. The lowest BCUT2D eigenvalue weighted by atomic mass is 10.1. The summed E-state index contributed by atoms with van der Waals surface area (Å²) in [5, 5.41) is 4.13.